The molecule has 162 valence electrons. The Kier molecular flexibility index (Phi) is 5.63. The van der Waals surface area contributed by atoms with Crippen LogP contribution in [0, 0.1) is 0 Å². The van der Waals surface area contributed by atoms with E-state index in [4.69, 9.17) is 32.7 Å². The first-order valence-electron chi connectivity index (χ1n) is 9.69. The Hall–Kier alpha value is -2.87. The van der Waals surface area contributed by atoms with Crippen molar-refractivity contribution in [2.24, 2.45) is 0 Å². The fourth-order valence-electron chi connectivity index (χ4n) is 3.63. The summed E-state index contributed by atoms with van der Waals surface area (Å²) in [4.78, 5) is 27.1. The zero-order valence-electron chi connectivity index (χ0n) is 16.5. The van der Waals surface area contributed by atoms with Crippen LogP contribution in [0.15, 0.2) is 60.7 Å². The highest BCUT2D eigenvalue weighted by atomic mass is 35.5. The molecule has 0 unspecified atom stereocenters. The zero-order chi connectivity index (χ0) is 22.2. The van der Waals surface area contributed by atoms with Crippen LogP contribution in [0.1, 0.15) is 21.3 Å². The number of rotatable bonds is 4. The van der Waals surface area contributed by atoms with Gasteiger partial charge in [0.25, 0.3) is 5.91 Å². The van der Waals surface area contributed by atoms with Gasteiger partial charge in [-0.2, -0.15) is 0 Å². The molecule has 0 radical (unpaired) electrons. The highest BCUT2D eigenvalue weighted by molar-refractivity contribution is 8.00. The van der Waals surface area contributed by atoms with Crippen molar-refractivity contribution < 1.29 is 19.1 Å². The van der Waals surface area contributed by atoms with Crippen LogP contribution in [0.2, 0.25) is 10.0 Å². The van der Waals surface area contributed by atoms with E-state index in [2.05, 4.69) is 5.32 Å². The normalized spacial score (nSPS) is 17.0. The van der Waals surface area contributed by atoms with E-state index in [1.807, 2.05) is 30.3 Å². The smallest absolute Gasteiger partial charge is 0.257 e. The summed E-state index contributed by atoms with van der Waals surface area (Å²) < 4.78 is 10.8. The summed E-state index contributed by atoms with van der Waals surface area (Å²) in [7, 11) is 0. The summed E-state index contributed by atoms with van der Waals surface area (Å²) in [6, 6.07) is 17.6. The maximum atomic E-state index is 12.7. The molecule has 1 saturated heterocycles. The van der Waals surface area contributed by atoms with E-state index in [1.54, 1.807) is 29.2 Å². The first-order chi connectivity index (χ1) is 15.5. The highest BCUT2D eigenvalue weighted by Crippen LogP contribution is 2.45. The number of nitrogens with one attached hydrogen (secondary N) is 1. The van der Waals surface area contributed by atoms with Gasteiger partial charge in [-0.3, -0.25) is 14.5 Å². The molecule has 2 aliphatic rings. The number of halogens is 2. The molecule has 0 aromatic heterocycles. The van der Waals surface area contributed by atoms with E-state index in [1.165, 1.54) is 17.8 Å². The van der Waals surface area contributed by atoms with Gasteiger partial charge in [0.05, 0.1) is 16.3 Å². The fraction of sp³-hybridized carbons (Fsp3) is 0.130. The largest absolute Gasteiger partial charge is 0.454 e. The Labute approximate surface area is 198 Å². The molecule has 0 bridgehead atoms. The maximum Gasteiger partial charge on any atom is 0.257 e. The number of carbonyl (C=O) groups excluding carboxylic acids is 2. The minimum atomic E-state index is -0.341. The average Bonchev–Trinajstić information content (AvgIpc) is 3.39. The minimum Gasteiger partial charge on any atom is -0.454 e. The average molecular weight is 487 g/mol. The predicted molar refractivity (Wildman–Crippen MR) is 126 cm³/mol. The zero-order valence-corrected chi connectivity index (χ0v) is 18.8. The molecule has 2 amide bonds. The number of ether oxygens (including phenoxy) is 2. The molecule has 2 heterocycles. The van der Waals surface area contributed by atoms with E-state index < -0.39 is 0 Å². The number of hydrogen-bond donors (Lipinski definition) is 1. The molecule has 32 heavy (non-hydrogen) atoms. The summed E-state index contributed by atoms with van der Waals surface area (Å²) >= 11 is 13.6. The van der Waals surface area contributed by atoms with Gasteiger partial charge >= 0.3 is 0 Å². The molecular formula is C23H16Cl2N2O4S. The Morgan fingerprint density at radius 1 is 1.03 bits per heavy atom. The molecule has 1 atom stereocenters. The second-order valence-electron chi connectivity index (χ2n) is 7.17. The molecule has 0 spiro atoms. The van der Waals surface area contributed by atoms with Crippen LogP contribution >= 0.6 is 35.0 Å². The summed E-state index contributed by atoms with van der Waals surface area (Å²) in [5, 5.41) is 3.36. The number of carbonyl (C=O) groups is 2. The van der Waals surface area contributed by atoms with Crippen LogP contribution < -0.4 is 19.7 Å². The number of anilines is 2. The molecule has 1 N–H and O–H groups in total. The van der Waals surface area contributed by atoms with Crippen molar-refractivity contribution in [1.29, 1.82) is 0 Å². The van der Waals surface area contributed by atoms with Crippen molar-refractivity contribution in [3.05, 3.63) is 81.8 Å². The van der Waals surface area contributed by atoms with Gasteiger partial charge in [-0.15, -0.1) is 11.8 Å². The summed E-state index contributed by atoms with van der Waals surface area (Å²) in [6.07, 6.45) is 0. The lowest BCUT2D eigenvalue weighted by atomic mass is 10.1. The Morgan fingerprint density at radius 3 is 2.72 bits per heavy atom. The number of amides is 2. The minimum absolute atomic E-state index is 0.00116. The molecule has 3 aromatic carbocycles. The quantitative estimate of drug-likeness (QED) is 0.508. The molecule has 6 nitrogen and oxygen atoms in total. The summed E-state index contributed by atoms with van der Waals surface area (Å²) in [5.74, 6) is 1.30. The van der Waals surface area contributed by atoms with Crippen molar-refractivity contribution in [3.63, 3.8) is 0 Å². The van der Waals surface area contributed by atoms with Crippen LogP contribution in [0.5, 0.6) is 11.5 Å². The topological polar surface area (TPSA) is 67.9 Å². The molecular weight excluding hydrogens is 471 g/mol. The van der Waals surface area contributed by atoms with Gasteiger partial charge in [0.2, 0.25) is 12.7 Å². The second-order valence-corrected chi connectivity index (χ2v) is 9.08. The first-order valence-corrected chi connectivity index (χ1v) is 11.5. The molecule has 5 rings (SSSR count). The van der Waals surface area contributed by atoms with Gasteiger partial charge in [0.1, 0.15) is 5.37 Å². The molecule has 0 aliphatic carbocycles. The number of thioether (sulfide) groups is 1. The van der Waals surface area contributed by atoms with Gasteiger partial charge in [-0.05, 0) is 48.0 Å². The summed E-state index contributed by atoms with van der Waals surface area (Å²) in [6.45, 7) is 0.171. The van der Waals surface area contributed by atoms with Gasteiger partial charge in [0, 0.05) is 22.5 Å². The molecule has 1 fully saturated rings. The number of hydrogen-bond acceptors (Lipinski definition) is 5. The van der Waals surface area contributed by atoms with Crippen LogP contribution in [-0.2, 0) is 4.79 Å². The Bertz CT molecular complexity index is 1240. The molecule has 0 saturated carbocycles. The maximum absolute atomic E-state index is 12.7. The Balaban J connectivity index is 1.40. The van der Waals surface area contributed by atoms with Gasteiger partial charge in [-0.25, -0.2) is 0 Å². The third kappa shape index (κ3) is 3.99. The van der Waals surface area contributed by atoms with Crippen LogP contribution in [0.4, 0.5) is 11.4 Å². The third-order valence-electron chi connectivity index (χ3n) is 5.11. The molecule has 9 heteroatoms. The van der Waals surface area contributed by atoms with E-state index in [9.17, 15) is 9.59 Å². The monoisotopic (exact) mass is 486 g/mol. The van der Waals surface area contributed by atoms with Crippen LogP contribution in [0.3, 0.4) is 0 Å². The number of benzene rings is 3. The fourth-order valence-corrected chi connectivity index (χ4v) is 5.29. The Morgan fingerprint density at radius 2 is 1.88 bits per heavy atom. The van der Waals surface area contributed by atoms with E-state index >= 15 is 0 Å². The number of fused-ring (bicyclic) bond motifs is 1. The van der Waals surface area contributed by atoms with Gasteiger partial charge < -0.3 is 14.8 Å². The third-order valence-corrected chi connectivity index (χ3v) is 6.87. The van der Waals surface area contributed by atoms with Gasteiger partial charge in [-0.1, -0.05) is 35.3 Å². The van der Waals surface area contributed by atoms with Crippen LogP contribution in [-0.4, -0.2) is 24.4 Å². The standard InChI is InChI=1S/C23H16Cl2N2O4S/c24-14-4-6-17(18(25)9-14)22(29)26-15-3-1-2-13(8-15)23-27(21(28)11-32-23)16-5-7-19-20(10-16)31-12-30-19/h1-10,23H,11-12H2,(H,26,29)/t23-/m0/s1. The predicted octanol–water partition coefficient (Wildman–Crippen LogP) is 5.75. The lowest BCUT2D eigenvalue weighted by Gasteiger charge is -2.25. The van der Waals surface area contributed by atoms with Crippen molar-refractivity contribution in [3.8, 4) is 11.5 Å². The van der Waals surface area contributed by atoms with Crippen molar-refractivity contribution in [1.82, 2.24) is 0 Å². The van der Waals surface area contributed by atoms with Crippen molar-refractivity contribution in [2.45, 2.75) is 5.37 Å². The van der Waals surface area contributed by atoms with Crippen LogP contribution in [0.25, 0.3) is 0 Å². The van der Waals surface area contributed by atoms with E-state index in [0.29, 0.717) is 33.5 Å². The lowest BCUT2D eigenvalue weighted by Crippen LogP contribution is -2.27. The van der Waals surface area contributed by atoms with E-state index in [0.717, 1.165) is 11.3 Å². The van der Waals surface area contributed by atoms with Crippen molar-refractivity contribution in [2.75, 3.05) is 22.8 Å². The lowest BCUT2D eigenvalue weighted by molar-refractivity contribution is -0.115. The number of nitrogens with zero attached hydrogens (tertiary/aromatic N) is 1. The highest BCUT2D eigenvalue weighted by Gasteiger charge is 2.35. The van der Waals surface area contributed by atoms with Crippen molar-refractivity contribution >= 4 is 58.2 Å². The molecule has 3 aromatic rings. The summed E-state index contributed by atoms with van der Waals surface area (Å²) in [5.41, 5.74) is 2.55. The SMILES string of the molecule is O=C(Nc1cccc([C@@H]2SCC(=O)N2c2ccc3c(c2)OCO3)c1)c1ccc(Cl)cc1Cl. The van der Waals surface area contributed by atoms with Gasteiger partial charge in [0.15, 0.2) is 11.5 Å². The first kappa shape index (κ1) is 21.0. The van der Waals surface area contributed by atoms with E-state index in [-0.39, 0.29) is 29.0 Å². The molecule has 2 aliphatic heterocycles. The second kappa shape index (κ2) is 8.58.